The van der Waals surface area contributed by atoms with E-state index in [4.69, 9.17) is 4.98 Å². The van der Waals surface area contributed by atoms with Gasteiger partial charge in [0.1, 0.15) is 4.83 Å². The lowest BCUT2D eigenvalue weighted by molar-refractivity contribution is 0.596. The fraction of sp³-hybridized carbons (Fsp3) is 0.303. The van der Waals surface area contributed by atoms with Gasteiger partial charge in [0.15, 0.2) is 0 Å². The quantitative estimate of drug-likeness (QED) is 0.251. The van der Waals surface area contributed by atoms with Gasteiger partial charge in [-0.05, 0) is 105 Å². The van der Waals surface area contributed by atoms with Gasteiger partial charge in [-0.3, -0.25) is 0 Å². The fourth-order valence-electron chi connectivity index (χ4n) is 5.45. The first kappa shape index (κ1) is 23.8. The Kier molecular flexibility index (Phi) is 6.05. The van der Waals surface area contributed by atoms with Crippen molar-refractivity contribution in [2.75, 3.05) is 0 Å². The number of fused-ring (bicyclic) bond motifs is 2. The molecule has 1 nitrogen and oxygen atoms in total. The summed E-state index contributed by atoms with van der Waals surface area (Å²) in [5.74, 6) is 0.653. The van der Waals surface area contributed by atoms with Crippen LogP contribution in [0.1, 0.15) is 56.9 Å². The molecule has 0 saturated heterocycles. The predicted molar refractivity (Wildman–Crippen MR) is 155 cm³/mol. The number of hydrogen-bond acceptors (Lipinski definition) is 2. The lowest BCUT2D eigenvalue weighted by Gasteiger charge is -2.23. The highest BCUT2D eigenvalue weighted by atomic mass is 32.1. The minimum atomic E-state index is 0.0465. The second-order valence-corrected chi connectivity index (χ2v) is 12.3. The molecule has 0 aliphatic carbocycles. The fourth-order valence-corrected chi connectivity index (χ4v) is 6.24. The predicted octanol–water partition coefficient (Wildman–Crippen LogP) is 9.90. The van der Waals surface area contributed by atoms with Crippen LogP contribution in [0.2, 0.25) is 0 Å². The van der Waals surface area contributed by atoms with Crippen LogP contribution in [0.3, 0.4) is 0 Å². The van der Waals surface area contributed by atoms with Gasteiger partial charge in [-0.1, -0.05) is 71.0 Å². The van der Waals surface area contributed by atoms with Gasteiger partial charge in [0.2, 0.25) is 0 Å². The average Bonchev–Trinajstić information content (AvgIpc) is 3.25. The topological polar surface area (TPSA) is 12.9 Å². The van der Waals surface area contributed by atoms with Gasteiger partial charge < -0.3 is 0 Å². The highest BCUT2D eigenvalue weighted by Gasteiger charge is 2.20. The SMILES string of the molecule is Cc1cc(CC(C)C)cc(C)c1-c1cc(-c2cc(C(C)(C)C)c3ccccc3c2)nc2sccc12. The zero-order valence-corrected chi connectivity index (χ0v) is 22.8. The molecule has 0 N–H and O–H groups in total. The van der Waals surface area contributed by atoms with E-state index in [-0.39, 0.29) is 5.41 Å². The molecule has 0 spiro atoms. The number of nitrogens with zero attached hydrogens (tertiary/aromatic N) is 1. The summed E-state index contributed by atoms with van der Waals surface area (Å²) in [6.45, 7) is 16.0. The first-order valence-electron chi connectivity index (χ1n) is 12.6. The lowest BCUT2D eigenvalue weighted by Crippen LogP contribution is -2.12. The van der Waals surface area contributed by atoms with E-state index in [9.17, 15) is 0 Å². The van der Waals surface area contributed by atoms with E-state index in [0.29, 0.717) is 5.92 Å². The lowest BCUT2D eigenvalue weighted by atomic mass is 9.82. The van der Waals surface area contributed by atoms with E-state index in [1.165, 1.54) is 55.1 Å². The minimum Gasteiger partial charge on any atom is -0.237 e. The molecule has 3 aromatic carbocycles. The summed E-state index contributed by atoms with van der Waals surface area (Å²) in [5, 5.41) is 6.02. The summed E-state index contributed by atoms with van der Waals surface area (Å²) in [7, 11) is 0. The van der Waals surface area contributed by atoms with Crippen molar-refractivity contribution in [2.24, 2.45) is 5.92 Å². The number of aromatic nitrogens is 1. The van der Waals surface area contributed by atoms with Gasteiger partial charge in [0.25, 0.3) is 0 Å². The number of aryl methyl sites for hydroxylation is 2. The molecule has 0 radical (unpaired) electrons. The standard InChI is InChI=1S/C33H35NS/c1-20(2)14-23-15-21(3)31(22(4)16-23)28-19-30(34-32-27(28)12-13-35-32)25-17-24-10-8-9-11-26(24)29(18-25)33(5,6)7/h8-13,15-20H,14H2,1-7H3. The van der Waals surface area contributed by atoms with Crippen molar-refractivity contribution in [3.05, 3.63) is 88.3 Å². The van der Waals surface area contributed by atoms with Gasteiger partial charge in [-0.25, -0.2) is 4.98 Å². The largest absolute Gasteiger partial charge is 0.237 e. The van der Waals surface area contributed by atoms with Crippen molar-refractivity contribution in [1.82, 2.24) is 4.98 Å². The highest BCUT2D eigenvalue weighted by Crippen LogP contribution is 2.40. The van der Waals surface area contributed by atoms with E-state index >= 15 is 0 Å². The first-order valence-corrected chi connectivity index (χ1v) is 13.5. The van der Waals surface area contributed by atoms with Crippen LogP contribution in [0, 0.1) is 19.8 Å². The molecule has 0 amide bonds. The van der Waals surface area contributed by atoms with Crippen LogP contribution in [-0.2, 0) is 11.8 Å². The highest BCUT2D eigenvalue weighted by molar-refractivity contribution is 7.16. The molecule has 2 heteroatoms. The van der Waals surface area contributed by atoms with Crippen molar-refractivity contribution in [3.8, 4) is 22.4 Å². The molecule has 0 unspecified atom stereocenters. The van der Waals surface area contributed by atoms with E-state index in [1.54, 1.807) is 11.3 Å². The maximum absolute atomic E-state index is 5.16. The summed E-state index contributed by atoms with van der Waals surface area (Å²) < 4.78 is 0. The van der Waals surface area contributed by atoms with Crippen LogP contribution in [0.15, 0.2) is 66.0 Å². The second kappa shape index (κ2) is 8.91. The zero-order valence-electron chi connectivity index (χ0n) is 22.0. The van der Waals surface area contributed by atoms with Gasteiger partial charge in [0, 0.05) is 10.9 Å². The Labute approximate surface area is 213 Å². The van der Waals surface area contributed by atoms with Gasteiger partial charge in [0.05, 0.1) is 5.69 Å². The summed E-state index contributed by atoms with van der Waals surface area (Å²) >= 11 is 1.73. The summed E-state index contributed by atoms with van der Waals surface area (Å²) in [6.07, 6.45) is 1.12. The second-order valence-electron chi connectivity index (χ2n) is 11.4. The van der Waals surface area contributed by atoms with Crippen LogP contribution < -0.4 is 0 Å². The number of benzene rings is 3. The molecular formula is C33H35NS. The van der Waals surface area contributed by atoms with Gasteiger partial charge in [-0.15, -0.1) is 11.3 Å². The van der Waals surface area contributed by atoms with Crippen molar-refractivity contribution < 1.29 is 0 Å². The Balaban J connectivity index is 1.75. The molecule has 0 saturated carbocycles. The Morgan fingerprint density at radius 2 is 1.57 bits per heavy atom. The first-order chi connectivity index (χ1) is 16.6. The van der Waals surface area contributed by atoms with E-state index in [0.717, 1.165) is 16.9 Å². The van der Waals surface area contributed by atoms with Gasteiger partial charge >= 0.3 is 0 Å². The number of rotatable bonds is 4. The van der Waals surface area contributed by atoms with Crippen LogP contribution in [0.4, 0.5) is 0 Å². The van der Waals surface area contributed by atoms with E-state index in [1.807, 2.05) is 0 Å². The molecule has 0 fully saturated rings. The molecule has 0 aliphatic rings. The van der Waals surface area contributed by atoms with Crippen LogP contribution in [0.5, 0.6) is 0 Å². The third-order valence-electron chi connectivity index (χ3n) is 6.91. The molecule has 5 aromatic rings. The molecule has 0 atom stereocenters. The normalized spacial score (nSPS) is 12.2. The molecule has 0 aliphatic heterocycles. The molecule has 178 valence electrons. The molecule has 2 heterocycles. The third kappa shape index (κ3) is 4.52. The van der Waals surface area contributed by atoms with Crippen molar-refractivity contribution in [3.63, 3.8) is 0 Å². The number of pyridine rings is 1. The minimum absolute atomic E-state index is 0.0465. The maximum atomic E-state index is 5.16. The Hall–Kier alpha value is -2.97. The summed E-state index contributed by atoms with van der Waals surface area (Å²) in [6, 6.07) is 22.7. The monoisotopic (exact) mass is 477 g/mol. The zero-order chi connectivity index (χ0) is 24.9. The number of hydrogen-bond donors (Lipinski definition) is 0. The Morgan fingerprint density at radius 3 is 2.26 bits per heavy atom. The van der Waals surface area contributed by atoms with E-state index in [2.05, 4.69) is 115 Å². The van der Waals surface area contributed by atoms with Crippen LogP contribution in [0.25, 0.3) is 43.4 Å². The molecule has 0 bridgehead atoms. The molecule has 35 heavy (non-hydrogen) atoms. The average molecular weight is 478 g/mol. The third-order valence-corrected chi connectivity index (χ3v) is 7.72. The van der Waals surface area contributed by atoms with E-state index < -0.39 is 0 Å². The smallest absolute Gasteiger partial charge is 0.124 e. The molecule has 2 aromatic heterocycles. The molecule has 5 rings (SSSR count). The molecular weight excluding hydrogens is 442 g/mol. The van der Waals surface area contributed by atoms with Crippen molar-refractivity contribution in [2.45, 2.75) is 60.3 Å². The Morgan fingerprint density at radius 1 is 0.857 bits per heavy atom. The summed E-state index contributed by atoms with van der Waals surface area (Å²) in [5.41, 5.74) is 10.4. The number of thiophene rings is 1. The van der Waals surface area contributed by atoms with Crippen molar-refractivity contribution in [1.29, 1.82) is 0 Å². The summed E-state index contributed by atoms with van der Waals surface area (Å²) in [4.78, 5) is 6.26. The van der Waals surface area contributed by atoms with Gasteiger partial charge in [-0.2, -0.15) is 0 Å². The van der Waals surface area contributed by atoms with Crippen molar-refractivity contribution >= 4 is 32.3 Å². The Bertz CT molecular complexity index is 1520. The van der Waals surface area contributed by atoms with Crippen LogP contribution >= 0.6 is 11.3 Å². The van der Waals surface area contributed by atoms with Crippen LogP contribution in [-0.4, -0.2) is 4.98 Å². The maximum Gasteiger partial charge on any atom is 0.124 e.